The minimum atomic E-state index is -0.120. The summed E-state index contributed by atoms with van der Waals surface area (Å²) < 4.78 is 1.65. The van der Waals surface area contributed by atoms with Crippen molar-refractivity contribution in [3.05, 3.63) is 46.9 Å². The van der Waals surface area contributed by atoms with Crippen molar-refractivity contribution in [1.82, 2.24) is 15.2 Å². The van der Waals surface area contributed by atoms with Gasteiger partial charge in [-0.2, -0.15) is 0 Å². The molecule has 1 aliphatic carbocycles. The highest BCUT2D eigenvalue weighted by Crippen LogP contribution is 2.16. The third-order valence-electron chi connectivity index (χ3n) is 3.69. The highest BCUT2D eigenvalue weighted by molar-refractivity contribution is 5.73. The first-order valence-corrected chi connectivity index (χ1v) is 7.58. The monoisotopic (exact) mass is 289 g/mol. The van der Waals surface area contributed by atoms with Crippen molar-refractivity contribution >= 4 is 6.03 Å². The van der Waals surface area contributed by atoms with E-state index >= 15 is 0 Å². The average molecular weight is 289 g/mol. The van der Waals surface area contributed by atoms with E-state index in [9.17, 15) is 9.59 Å². The molecule has 1 aromatic heterocycles. The van der Waals surface area contributed by atoms with Crippen molar-refractivity contribution in [3.8, 4) is 0 Å². The average Bonchev–Trinajstić information content (AvgIpc) is 2.52. The van der Waals surface area contributed by atoms with Gasteiger partial charge in [0.25, 0.3) is 0 Å². The van der Waals surface area contributed by atoms with Gasteiger partial charge in [-0.3, -0.25) is 4.79 Å². The van der Waals surface area contributed by atoms with Gasteiger partial charge in [-0.05, 0) is 37.7 Å². The molecule has 0 fully saturated rings. The van der Waals surface area contributed by atoms with Crippen LogP contribution in [0, 0.1) is 5.92 Å². The van der Waals surface area contributed by atoms with Crippen molar-refractivity contribution in [2.45, 2.75) is 32.2 Å². The smallest absolute Gasteiger partial charge is 0.314 e. The van der Waals surface area contributed by atoms with Crippen LogP contribution in [0.1, 0.15) is 25.7 Å². The molecule has 1 aliphatic rings. The van der Waals surface area contributed by atoms with Gasteiger partial charge in [0.2, 0.25) is 5.56 Å². The first-order valence-electron chi connectivity index (χ1n) is 7.58. The van der Waals surface area contributed by atoms with Crippen LogP contribution < -0.4 is 16.2 Å². The molecule has 21 heavy (non-hydrogen) atoms. The van der Waals surface area contributed by atoms with Crippen molar-refractivity contribution in [1.29, 1.82) is 0 Å². The van der Waals surface area contributed by atoms with Crippen LogP contribution in [0.4, 0.5) is 4.79 Å². The summed E-state index contributed by atoms with van der Waals surface area (Å²) in [6.45, 7) is 1.92. The van der Waals surface area contributed by atoms with E-state index in [1.54, 1.807) is 22.9 Å². The molecule has 5 heteroatoms. The standard InChI is InChI=1S/C16H23N3O2/c20-15-9-4-5-11-19(15)12-6-10-17-16(21)18-13-14-7-2-1-3-8-14/h1-2,4-5,9,11,14H,3,6-8,10,12-13H2,(H2,17,18,21). The molecule has 0 bridgehead atoms. The van der Waals surface area contributed by atoms with E-state index in [2.05, 4.69) is 22.8 Å². The Bertz CT molecular complexity index is 536. The molecule has 0 saturated heterocycles. The van der Waals surface area contributed by atoms with E-state index in [-0.39, 0.29) is 11.6 Å². The number of amides is 2. The molecule has 114 valence electrons. The lowest BCUT2D eigenvalue weighted by molar-refractivity contribution is 0.238. The number of nitrogens with zero attached hydrogens (tertiary/aromatic N) is 1. The Morgan fingerprint density at radius 2 is 2.19 bits per heavy atom. The molecule has 0 spiro atoms. The predicted octanol–water partition coefficient (Wildman–Crippen LogP) is 1.89. The van der Waals surface area contributed by atoms with E-state index in [0.29, 0.717) is 19.0 Å². The Balaban J connectivity index is 1.58. The molecule has 0 radical (unpaired) electrons. The fourth-order valence-electron chi connectivity index (χ4n) is 2.44. The number of urea groups is 1. The molecule has 2 rings (SSSR count). The first kappa shape index (κ1) is 15.4. The van der Waals surface area contributed by atoms with E-state index in [4.69, 9.17) is 0 Å². The number of aryl methyl sites for hydroxylation is 1. The topological polar surface area (TPSA) is 63.1 Å². The van der Waals surface area contributed by atoms with Crippen LogP contribution in [0.3, 0.4) is 0 Å². The number of nitrogens with one attached hydrogen (secondary N) is 2. The largest absolute Gasteiger partial charge is 0.338 e. The SMILES string of the molecule is O=C(NCCCn1ccccc1=O)NCC1CC=CCC1. The third-order valence-corrected chi connectivity index (χ3v) is 3.69. The maximum atomic E-state index is 11.7. The maximum absolute atomic E-state index is 11.7. The van der Waals surface area contributed by atoms with Crippen LogP contribution in [0.15, 0.2) is 41.3 Å². The van der Waals surface area contributed by atoms with Gasteiger partial charge in [0, 0.05) is 31.9 Å². The molecule has 1 atom stereocenters. The molecular formula is C16H23N3O2. The van der Waals surface area contributed by atoms with Gasteiger partial charge in [0.15, 0.2) is 0 Å². The zero-order valence-corrected chi connectivity index (χ0v) is 12.3. The van der Waals surface area contributed by atoms with Gasteiger partial charge in [0.05, 0.1) is 0 Å². The van der Waals surface area contributed by atoms with Crippen LogP contribution in [-0.2, 0) is 6.54 Å². The zero-order valence-electron chi connectivity index (χ0n) is 12.3. The fourth-order valence-corrected chi connectivity index (χ4v) is 2.44. The van der Waals surface area contributed by atoms with Crippen molar-refractivity contribution in [2.24, 2.45) is 5.92 Å². The first-order chi connectivity index (χ1) is 10.3. The van der Waals surface area contributed by atoms with Gasteiger partial charge in [-0.15, -0.1) is 0 Å². The van der Waals surface area contributed by atoms with Crippen LogP contribution >= 0.6 is 0 Å². The van der Waals surface area contributed by atoms with E-state index in [0.717, 1.165) is 32.2 Å². The summed E-state index contributed by atoms with van der Waals surface area (Å²) in [6, 6.07) is 4.98. The summed E-state index contributed by atoms with van der Waals surface area (Å²) in [4.78, 5) is 23.1. The Morgan fingerprint density at radius 3 is 2.95 bits per heavy atom. The Labute approximate surface area is 125 Å². The highest BCUT2D eigenvalue weighted by atomic mass is 16.2. The van der Waals surface area contributed by atoms with Crippen molar-refractivity contribution in [2.75, 3.05) is 13.1 Å². The third kappa shape index (κ3) is 5.45. The lowest BCUT2D eigenvalue weighted by Gasteiger charge is -2.18. The number of allylic oxidation sites excluding steroid dienone is 2. The van der Waals surface area contributed by atoms with Gasteiger partial charge in [0.1, 0.15) is 0 Å². The van der Waals surface area contributed by atoms with Crippen molar-refractivity contribution < 1.29 is 4.79 Å². The highest BCUT2D eigenvalue weighted by Gasteiger charge is 2.10. The van der Waals surface area contributed by atoms with Gasteiger partial charge in [-0.1, -0.05) is 18.2 Å². The van der Waals surface area contributed by atoms with Gasteiger partial charge >= 0.3 is 6.03 Å². The lowest BCUT2D eigenvalue weighted by atomic mass is 9.94. The van der Waals surface area contributed by atoms with E-state index in [1.807, 2.05) is 6.07 Å². The molecular weight excluding hydrogens is 266 g/mol. The minimum Gasteiger partial charge on any atom is -0.338 e. The maximum Gasteiger partial charge on any atom is 0.314 e. The number of hydrogen-bond donors (Lipinski definition) is 2. The number of rotatable bonds is 6. The van der Waals surface area contributed by atoms with Crippen LogP contribution in [0.2, 0.25) is 0 Å². The number of hydrogen-bond acceptors (Lipinski definition) is 2. The summed E-state index contributed by atoms with van der Waals surface area (Å²) >= 11 is 0. The van der Waals surface area contributed by atoms with Gasteiger partial charge in [-0.25, -0.2) is 4.79 Å². The normalized spacial score (nSPS) is 17.4. The quantitative estimate of drug-likeness (QED) is 0.620. The number of pyridine rings is 1. The number of carbonyl (C=O) groups is 1. The van der Waals surface area contributed by atoms with E-state index in [1.165, 1.54) is 0 Å². The second-order valence-corrected chi connectivity index (χ2v) is 5.37. The van der Waals surface area contributed by atoms with Crippen LogP contribution in [-0.4, -0.2) is 23.7 Å². The Kier molecular flexibility index (Phi) is 6.06. The molecule has 1 heterocycles. The molecule has 2 N–H and O–H groups in total. The summed E-state index contributed by atoms with van der Waals surface area (Å²) in [7, 11) is 0. The lowest BCUT2D eigenvalue weighted by Crippen LogP contribution is -2.39. The molecule has 2 amide bonds. The second kappa shape index (κ2) is 8.29. The summed E-state index contributed by atoms with van der Waals surface area (Å²) in [5.41, 5.74) is -0.00713. The van der Waals surface area contributed by atoms with Gasteiger partial charge < -0.3 is 15.2 Å². The van der Waals surface area contributed by atoms with Crippen LogP contribution in [0.5, 0.6) is 0 Å². The molecule has 1 unspecified atom stereocenters. The second-order valence-electron chi connectivity index (χ2n) is 5.37. The molecule has 1 aromatic rings. The number of aromatic nitrogens is 1. The molecule has 0 aliphatic heterocycles. The van der Waals surface area contributed by atoms with Crippen molar-refractivity contribution in [3.63, 3.8) is 0 Å². The summed E-state index contributed by atoms with van der Waals surface area (Å²) in [5.74, 6) is 0.559. The summed E-state index contributed by atoms with van der Waals surface area (Å²) in [5, 5.41) is 5.74. The zero-order chi connectivity index (χ0) is 14.9. The Morgan fingerprint density at radius 1 is 1.29 bits per heavy atom. The molecule has 0 aromatic carbocycles. The van der Waals surface area contributed by atoms with E-state index < -0.39 is 0 Å². The van der Waals surface area contributed by atoms with Crippen LogP contribution in [0.25, 0.3) is 0 Å². The predicted molar refractivity (Wildman–Crippen MR) is 83.2 cm³/mol. The molecule has 5 nitrogen and oxygen atoms in total. The minimum absolute atomic E-state index is 0.00713. The molecule has 0 saturated carbocycles. The number of carbonyl (C=O) groups excluding carboxylic acids is 1. The Hall–Kier alpha value is -2.04. The fraction of sp³-hybridized carbons (Fsp3) is 0.500. The summed E-state index contributed by atoms with van der Waals surface area (Å²) in [6.07, 6.45) is 10.2.